The van der Waals surface area contributed by atoms with Crippen LogP contribution in [0.3, 0.4) is 0 Å². The van der Waals surface area contributed by atoms with E-state index in [2.05, 4.69) is 21.3 Å². The number of guanidine groups is 1. The third kappa shape index (κ3) is 6.32. The number of amides is 2. The minimum atomic E-state index is -1.09. The number of anilines is 1. The number of carbonyl (C=O) groups is 3. The summed E-state index contributed by atoms with van der Waals surface area (Å²) in [6.07, 6.45) is 0. The predicted octanol–water partition coefficient (Wildman–Crippen LogP) is -1.49. The molecule has 1 aromatic rings. The van der Waals surface area contributed by atoms with Crippen LogP contribution in [0.1, 0.15) is 10.4 Å². The van der Waals surface area contributed by atoms with Crippen LogP contribution in [0.5, 0.6) is 0 Å². The lowest BCUT2D eigenvalue weighted by molar-refractivity contribution is -0.139. The van der Waals surface area contributed by atoms with Gasteiger partial charge in [0.25, 0.3) is 5.91 Å². The third-order valence-electron chi connectivity index (χ3n) is 2.96. The number of aliphatic carboxylic acids is 1. The number of carbonyl (C=O) groups excluding carboxylic acids is 2. The van der Waals surface area contributed by atoms with E-state index in [0.29, 0.717) is 5.69 Å². The van der Waals surface area contributed by atoms with Gasteiger partial charge in [0.2, 0.25) is 5.91 Å². The van der Waals surface area contributed by atoms with Gasteiger partial charge in [-0.1, -0.05) is 6.07 Å². The number of carboxylic acids is 1. The van der Waals surface area contributed by atoms with Crippen LogP contribution >= 0.6 is 0 Å². The fourth-order valence-electron chi connectivity index (χ4n) is 1.75. The Bertz CT molecular complexity index is 633. The minimum Gasteiger partial charge on any atom is -0.480 e. The summed E-state index contributed by atoms with van der Waals surface area (Å²) in [6.45, 7) is -0.391. The Balaban J connectivity index is 2.49. The molecule has 0 aliphatic carbocycles. The molecule has 1 atom stereocenters. The monoisotopic (exact) mass is 336 g/mol. The molecule has 0 bridgehead atoms. The Morgan fingerprint density at radius 1 is 1.29 bits per heavy atom. The first-order chi connectivity index (χ1) is 11.3. The molecule has 1 rings (SSSR count). The van der Waals surface area contributed by atoms with Gasteiger partial charge in [-0.2, -0.15) is 0 Å². The van der Waals surface area contributed by atoms with Crippen molar-refractivity contribution >= 4 is 29.4 Å². The molecular weight excluding hydrogens is 316 g/mol. The standard InChI is InChI=1S/C14H20N6O4/c1-17-10(13(23)24)6-18-11(21)7-19-12(22)8-3-2-4-9(5-8)20-14(15)16/h2-5,10,17H,6-7H2,1H3,(H,18,21)(H,19,22)(H,23,24)(H4,15,16,20). The van der Waals surface area contributed by atoms with Crippen LogP contribution in [-0.4, -0.2) is 55.0 Å². The second kappa shape index (κ2) is 9.10. The highest BCUT2D eigenvalue weighted by molar-refractivity contribution is 5.98. The first-order valence-electron chi connectivity index (χ1n) is 6.99. The van der Waals surface area contributed by atoms with Gasteiger partial charge in [-0.15, -0.1) is 0 Å². The highest BCUT2D eigenvalue weighted by Crippen LogP contribution is 2.09. The van der Waals surface area contributed by atoms with E-state index in [1.54, 1.807) is 18.2 Å². The van der Waals surface area contributed by atoms with Crippen LogP contribution in [0.15, 0.2) is 24.3 Å². The van der Waals surface area contributed by atoms with Gasteiger partial charge < -0.3 is 32.1 Å². The van der Waals surface area contributed by atoms with E-state index in [9.17, 15) is 14.4 Å². The van der Waals surface area contributed by atoms with E-state index >= 15 is 0 Å². The maximum Gasteiger partial charge on any atom is 0.322 e. The number of likely N-dealkylation sites (N-methyl/N-ethyl adjacent to an activating group) is 1. The summed E-state index contributed by atoms with van der Waals surface area (Å²) in [5.41, 5.74) is 5.97. The van der Waals surface area contributed by atoms with Crippen LogP contribution < -0.4 is 27.0 Å². The molecule has 0 spiro atoms. The predicted molar refractivity (Wildman–Crippen MR) is 87.8 cm³/mol. The Morgan fingerprint density at radius 3 is 2.58 bits per heavy atom. The van der Waals surface area contributed by atoms with E-state index in [0.717, 1.165) is 0 Å². The second-order valence-electron chi connectivity index (χ2n) is 4.79. The first kappa shape index (κ1) is 18.9. The minimum absolute atomic E-state index is 0.0987. The van der Waals surface area contributed by atoms with Gasteiger partial charge in [0, 0.05) is 17.8 Å². The van der Waals surface area contributed by atoms with E-state index in [4.69, 9.17) is 16.2 Å². The van der Waals surface area contributed by atoms with Crippen molar-refractivity contribution < 1.29 is 19.5 Å². The van der Waals surface area contributed by atoms with Crippen molar-refractivity contribution in [3.63, 3.8) is 0 Å². The van der Waals surface area contributed by atoms with Crippen molar-refractivity contribution in [1.82, 2.24) is 16.0 Å². The summed E-state index contributed by atoms with van der Waals surface area (Å²) in [5.74, 6) is -2.34. The number of carboxylic acid groups (broad SMARTS) is 1. The molecule has 2 amide bonds. The molecule has 0 heterocycles. The Kier molecular flexibility index (Phi) is 7.17. The Labute approximate surface area is 138 Å². The lowest BCUT2D eigenvalue weighted by Crippen LogP contribution is -2.46. The molecule has 8 N–H and O–H groups in total. The van der Waals surface area contributed by atoms with Gasteiger partial charge in [0.15, 0.2) is 5.96 Å². The van der Waals surface area contributed by atoms with Gasteiger partial charge >= 0.3 is 5.97 Å². The number of rotatable bonds is 8. The van der Waals surface area contributed by atoms with Crippen LogP contribution in [0.4, 0.5) is 5.69 Å². The molecule has 0 saturated heterocycles. The molecule has 24 heavy (non-hydrogen) atoms. The summed E-state index contributed by atoms with van der Waals surface area (Å²) < 4.78 is 0. The molecule has 0 aliphatic rings. The molecule has 1 unspecified atom stereocenters. The van der Waals surface area contributed by atoms with Crippen LogP contribution in [-0.2, 0) is 9.59 Å². The summed E-state index contributed by atoms with van der Waals surface area (Å²) in [7, 11) is 1.47. The van der Waals surface area contributed by atoms with Gasteiger partial charge in [-0.05, 0) is 25.2 Å². The fraction of sp³-hybridized carbons (Fsp3) is 0.286. The largest absolute Gasteiger partial charge is 0.480 e. The zero-order chi connectivity index (χ0) is 18.1. The van der Waals surface area contributed by atoms with Crippen LogP contribution in [0.2, 0.25) is 0 Å². The number of hydrogen-bond acceptors (Lipinski definition) is 5. The highest BCUT2D eigenvalue weighted by atomic mass is 16.4. The normalized spacial score (nSPS) is 11.2. The van der Waals surface area contributed by atoms with E-state index < -0.39 is 23.8 Å². The second-order valence-corrected chi connectivity index (χ2v) is 4.79. The van der Waals surface area contributed by atoms with Crippen molar-refractivity contribution in [1.29, 1.82) is 5.41 Å². The van der Waals surface area contributed by atoms with Gasteiger partial charge in [0.1, 0.15) is 6.04 Å². The lowest BCUT2D eigenvalue weighted by atomic mass is 10.2. The van der Waals surface area contributed by atoms with Gasteiger partial charge in [-0.25, -0.2) is 0 Å². The average Bonchev–Trinajstić information content (AvgIpc) is 2.52. The van der Waals surface area contributed by atoms with E-state index in [-0.39, 0.29) is 24.6 Å². The highest BCUT2D eigenvalue weighted by Gasteiger charge is 2.16. The van der Waals surface area contributed by atoms with Crippen LogP contribution in [0.25, 0.3) is 0 Å². The quantitative estimate of drug-likeness (QED) is 0.224. The van der Waals surface area contributed by atoms with Gasteiger partial charge in [0.05, 0.1) is 6.54 Å². The molecule has 0 saturated carbocycles. The van der Waals surface area contributed by atoms with Crippen molar-refractivity contribution in [3.8, 4) is 0 Å². The Hall–Kier alpha value is -3.14. The molecule has 1 aromatic carbocycles. The van der Waals surface area contributed by atoms with Gasteiger partial charge in [-0.3, -0.25) is 19.8 Å². The van der Waals surface area contributed by atoms with Crippen molar-refractivity contribution in [3.05, 3.63) is 29.8 Å². The summed E-state index contributed by atoms with van der Waals surface area (Å²) >= 11 is 0. The molecule has 0 aliphatic heterocycles. The van der Waals surface area contributed by atoms with E-state index in [1.807, 2.05) is 0 Å². The first-order valence-corrected chi connectivity index (χ1v) is 6.99. The smallest absolute Gasteiger partial charge is 0.322 e. The topological polar surface area (TPSA) is 169 Å². The molecular formula is C14H20N6O4. The average molecular weight is 336 g/mol. The lowest BCUT2D eigenvalue weighted by Gasteiger charge is -2.12. The summed E-state index contributed by atoms with van der Waals surface area (Å²) in [4.78, 5) is 34.4. The van der Waals surface area contributed by atoms with Crippen molar-refractivity contribution in [2.24, 2.45) is 5.73 Å². The molecule has 0 aromatic heterocycles. The molecule has 0 radical (unpaired) electrons. The van der Waals surface area contributed by atoms with Crippen LogP contribution in [0, 0.1) is 5.41 Å². The summed E-state index contributed by atoms with van der Waals surface area (Å²) in [5, 5.41) is 25.9. The van der Waals surface area contributed by atoms with E-state index in [1.165, 1.54) is 13.1 Å². The molecule has 10 heteroatoms. The zero-order valence-corrected chi connectivity index (χ0v) is 13.1. The molecule has 130 valence electrons. The molecule has 10 nitrogen and oxygen atoms in total. The molecule has 0 fully saturated rings. The maximum absolute atomic E-state index is 12.0. The SMILES string of the molecule is CNC(CNC(=O)CNC(=O)c1cccc(NC(=N)N)c1)C(=O)O. The van der Waals surface area contributed by atoms with Crippen molar-refractivity contribution in [2.75, 3.05) is 25.5 Å². The Morgan fingerprint density at radius 2 is 2.00 bits per heavy atom. The fourth-order valence-corrected chi connectivity index (χ4v) is 1.75. The number of hydrogen-bond donors (Lipinski definition) is 7. The summed E-state index contributed by atoms with van der Waals surface area (Å²) in [6, 6.07) is 5.36. The number of nitrogens with two attached hydrogens (primary N) is 1. The zero-order valence-electron chi connectivity index (χ0n) is 13.1. The number of benzene rings is 1. The number of nitrogens with one attached hydrogen (secondary N) is 5. The van der Waals surface area contributed by atoms with Crippen molar-refractivity contribution in [2.45, 2.75) is 6.04 Å². The maximum atomic E-state index is 12.0. The third-order valence-corrected chi connectivity index (χ3v) is 2.96.